The van der Waals surface area contributed by atoms with Gasteiger partial charge in [0, 0.05) is 25.5 Å². The van der Waals surface area contributed by atoms with E-state index in [1.807, 2.05) is 38.1 Å². The van der Waals surface area contributed by atoms with Crippen LogP contribution in [0.3, 0.4) is 0 Å². The molecule has 1 aromatic rings. The summed E-state index contributed by atoms with van der Waals surface area (Å²) in [4.78, 5) is 17.8. The molecule has 2 heterocycles. The number of hydrogen-bond acceptors (Lipinski definition) is 3. The summed E-state index contributed by atoms with van der Waals surface area (Å²) in [5, 5.41) is 0. The average Bonchev–Trinajstić information content (AvgIpc) is 2.38. The topological polar surface area (TPSA) is 42.4 Å². The average molecular weight is 262 g/mol. The SMILES string of the molecule is CC(C)(C)OC(=O)N1CCC(c2ccncc2)CC1. The minimum atomic E-state index is -0.418. The van der Waals surface area contributed by atoms with E-state index in [-0.39, 0.29) is 6.09 Å². The monoisotopic (exact) mass is 262 g/mol. The van der Waals surface area contributed by atoms with Gasteiger partial charge in [0.2, 0.25) is 0 Å². The normalized spacial score (nSPS) is 17.3. The van der Waals surface area contributed by atoms with Gasteiger partial charge in [-0.25, -0.2) is 4.79 Å². The Morgan fingerprint density at radius 2 is 1.84 bits per heavy atom. The van der Waals surface area contributed by atoms with E-state index in [1.54, 1.807) is 0 Å². The Balaban J connectivity index is 1.88. The van der Waals surface area contributed by atoms with Crippen LogP contribution < -0.4 is 0 Å². The highest BCUT2D eigenvalue weighted by Crippen LogP contribution is 2.28. The number of nitrogens with zero attached hydrogens (tertiary/aromatic N) is 2. The van der Waals surface area contributed by atoms with Crippen LogP contribution in [-0.2, 0) is 4.74 Å². The van der Waals surface area contributed by atoms with Gasteiger partial charge in [0.05, 0.1) is 0 Å². The van der Waals surface area contributed by atoms with Crippen molar-refractivity contribution in [1.29, 1.82) is 0 Å². The van der Waals surface area contributed by atoms with Crippen LogP contribution in [0.4, 0.5) is 4.79 Å². The molecule has 0 aromatic carbocycles. The summed E-state index contributed by atoms with van der Waals surface area (Å²) in [5.74, 6) is 0.529. The number of carbonyl (C=O) groups excluding carboxylic acids is 1. The van der Waals surface area contributed by atoms with Crippen molar-refractivity contribution in [2.75, 3.05) is 13.1 Å². The van der Waals surface area contributed by atoms with Gasteiger partial charge in [0.15, 0.2) is 0 Å². The zero-order chi connectivity index (χ0) is 13.9. The molecule has 1 fully saturated rings. The summed E-state index contributed by atoms with van der Waals surface area (Å²) >= 11 is 0. The van der Waals surface area contributed by atoms with E-state index in [0.29, 0.717) is 5.92 Å². The molecule has 0 bridgehead atoms. The maximum atomic E-state index is 12.0. The molecule has 4 nitrogen and oxygen atoms in total. The predicted octanol–water partition coefficient (Wildman–Crippen LogP) is 3.20. The first-order chi connectivity index (χ1) is 8.96. The van der Waals surface area contributed by atoms with Crippen molar-refractivity contribution >= 4 is 6.09 Å². The Morgan fingerprint density at radius 3 is 2.37 bits per heavy atom. The van der Waals surface area contributed by atoms with E-state index in [9.17, 15) is 4.79 Å². The van der Waals surface area contributed by atoms with Gasteiger partial charge in [-0.1, -0.05) is 0 Å². The maximum Gasteiger partial charge on any atom is 0.410 e. The number of ether oxygens (including phenoxy) is 1. The van der Waals surface area contributed by atoms with Crippen molar-refractivity contribution < 1.29 is 9.53 Å². The van der Waals surface area contributed by atoms with Crippen molar-refractivity contribution in [2.45, 2.75) is 45.1 Å². The van der Waals surface area contributed by atoms with Crippen molar-refractivity contribution in [3.63, 3.8) is 0 Å². The van der Waals surface area contributed by atoms with Crippen molar-refractivity contribution in [2.24, 2.45) is 0 Å². The molecule has 0 unspecified atom stereocenters. The first-order valence-corrected chi connectivity index (χ1v) is 6.83. The highest BCUT2D eigenvalue weighted by Gasteiger charge is 2.27. The fraction of sp³-hybridized carbons (Fsp3) is 0.600. The fourth-order valence-electron chi connectivity index (χ4n) is 2.36. The van der Waals surface area contributed by atoms with E-state index in [2.05, 4.69) is 17.1 Å². The van der Waals surface area contributed by atoms with Crippen molar-refractivity contribution in [3.8, 4) is 0 Å². The van der Waals surface area contributed by atoms with Gasteiger partial charge in [-0.15, -0.1) is 0 Å². The molecule has 1 aliphatic heterocycles. The van der Waals surface area contributed by atoms with Gasteiger partial charge in [0.25, 0.3) is 0 Å². The standard InChI is InChI=1S/C15H22N2O2/c1-15(2,3)19-14(18)17-10-6-13(7-11-17)12-4-8-16-9-5-12/h4-5,8-9,13H,6-7,10-11H2,1-3H3. The summed E-state index contributed by atoms with van der Waals surface area (Å²) < 4.78 is 5.40. The lowest BCUT2D eigenvalue weighted by Gasteiger charge is -2.33. The van der Waals surface area contributed by atoms with E-state index < -0.39 is 5.60 Å². The lowest BCUT2D eigenvalue weighted by Crippen LogP contribution is -2.41. The van der Waals surface area contributed by atoms with E-state index in [0.717, 1.165) is 25.9 Å². The van der Waals surface area contributed by atoms with Crippen LogP contribution in [0.5, 0.6) is 0 Å². The van der Waals surface area contributed by atoms with Crippen LogP contribution in [-0.4, -0.2) is 34.7 Å². The molecule has 1 amide bonds. The van der Waals surface area contributed by atoms with Crippen molar-refractivity contribution in [3.05, 3.63) is 30.1 Å². The summed E-state index contributed by atoms with van der Waals surface area (Å²) in [7, 11) is 0. The zero-order valence-electron chi connectivity index (χ0n) is 11.9. The molecule has 0 aliphatic carbocycles. The number of carbonyl (C=O) groups is 1. The second-order valence-corrected chi connectivity index (χ2v) is 6.02. The van der Waals surface area contributed by atoms with Gasteiger partial charge in [-0.3, -0.25) is 4.98 Å². The third-order valence-electron chi connectivity index (χ3n) is 3.32. The molecule has 0 radical (unpaired) electrons. The number of likely N-dealkylation sites (tertiary alicyclic amines) is 1. The molecule has 0 N–H and O–H groups in total. The largest absolute Gasteiger partial charge is 0.444 e. The third kappa shape index (κ3) is 3.94. The Hall–Kier alpha value is -1.58. The number of aromatic nitrogens is 1. The van der Waals surface area contributed by atoms with Crippen LogP contribution in [0, 0.1) is 0 Å². The minimum Gasteiger partial charge on any atom is -0.444 e. The number of hydrogen-bond donors (Lipinski definition) is 0. The molecule has 1 aromatic heterocycles. The molecule has 1 aliphatic rings. The van der Waals surface area contributed by atoms with Crippen LogP contribution >= 0.6 is 0 Å². The Kier molecular flexibility index (Phi) is 4.08. The molecule has 4 heteroatoms. The van der Waals surface area contributed by atoms with E-state index >= 15 is 0 Å². The molecular weight excluding hydrogens is 240 g/mol. The van der Waals surface area contributed by atoms with E-state index in [1.165, 1.54) is 5.56 Å². The van der Waals surface area contributed by atoms with Gasteiger partial charge < -0.3 is 9.64 Å². The van der Waals surface area contributed by atoms with Crippen molar-refractivity contribution in [1.82, 2.24) is 9.88 Å². The number of rotatable bonds is 1. The molecule has 104 valence electrons. The van der Waals surface area contributed by atoms with Gasteiger partial charge in [-0.2, -0.15) is 0 Å². The highest BCUT2D eigenvalue weighted by atomic mass is 16.6. The zero-order valence-corrected chi connectivity index (χ0v) is 11.9. The first kappa shape index (κ1) is 13.8. The highest BCUT2D eigenvalue weighted by molar-refractivity contribution is 5.68. The molecular formula is C15H22N2O2. The fourth-order valence-corrected chi connectivity index (χ4v) is 2.36. The summed E-state index contributed by atoms with van der Waals surface area (Å²) in [6.07, 6.45) is 5.44. The minimum absolute atomic E-state index is 0.194. The number of piperidine rings is 1. The van der Waals surface area contributed by atoms with Gasteiger partial charge >= 0.3 is 6.09 Å². The summed E-state index contributed by atoms with van der Waals surface area (Å²) in [6.45, 7) is 7.22. The molecule has 19 heavy (non-hydrogen) atoms. The van der Waals surface area contributed by atoms with Gasteiger partial charge in [-0.05, 0) is 57.2 Å². The van der Waals surface area contributed by atoms with E-state index in [4.69, 9.17) is 4.74 Å². The summed E-state index contributed by atoms with van der Waals surface area (Å²) in [6, 6.07) is 4.13. The Morgan fingerprint density at radius 1 is 1.26 bits per heavy atom. The molecule has 0 saturated carbocycles. The quantitative estimate of drug-likeness (QED) is 0.780. The first-order valence-electron chi connectivity index (χ1n) is 6.83. The third-order valence-corrected chi connectivity index (χ3v) is 3.32. The van der Waals surface area contributed by atoms with Gasteiger partial charge in [0.1, 0.15) is 5.60 Å². The lowest BCUT2D eigenvalue weighted by molar-refractivity contribution is 0.0205. The molecule has 1 saturated heterocycles. The van der Waals surface area contributed by atoms with Crippen LogP contribution in [0.2, 0.25) is 0 Å². The maximum absolute atomic E-state index is 12.0. The number of pyridine rings is 1. The molecule has 0 atom stereocenters. The van der Waals surface area contributed by atoms with Crippen LogP contribution in [0.25, 0.3) is 0 Å². The van der Waals surface area contributed by atoms with Crippen LogP contribution in [0.15, 0.2) is 24.5 Å². The Labute approximate surface area is 114 Å². The second-order valence-electron chi connectivity index (χ2n) is 6.02. The Bertz CT molecular complexity index is 418. The number of amides is 1. The lowest BCUT2D eigenvalue weighted by atomic mass is 9.90. The smallest absolute Gasteiger partial charge is 0.410 e. The molecule has 2 rings (SSSR count). The van der Waals surface area contributed by atoms with Crippen LogP contribution in [0.1, 0.15) is 45.1 Å². The predicted molar refractivity (Wildman–Crippen MR) is 74.0 cm³/mol. The second kappa shape index (κ2) is 5.59. The summed E-state index contributed by atoms with van der Waals surface area (Å²) in [5.41, 5.74) is 0.901. The molecule has 0 spiro atoms.